The number of benzene rings is 3. The highest BCUT2D eigenvalue weighted by molar-refractivity contribution is 6.11. The zero-order valence-electron chi connectivity index (χ0n) is 21.1. The van der Waals surface area contributed by atoms with E-state index in [4.69, 9.17) is 9.47 Å². The monoisotopic (exact) mass is 522 g/mol. The van der Waals surface area contributed by atoms with Crippen LogP contribution in [-0.4, -0.2) is 33.9 Å². The summed E-state index contributed by atoms with van der Waals surface area (Å²) in [5.41, 5.74) is -0.359. The van der Waals surface area contributed by atoms with Crippen LogP contribution in [0.5, 0.6) is 11.5 Å². The van der Waals surface area contributed by atoms with Crippen molar-refractivity contribution in [3.05, 3.63) is 92.0 Å². The van der Waals surface area contributed by atoms with Crippen LogP contribution >= 0.6 is 0 Å². The van der Waals surface area contributed by atoms with Gasteiger partial charge >= 0.3 is 0 Å². The predicted octanol–water partition coefficient (Wildman–Crippen LogP) is 5.58. The fraction of sp³-hybridized carbons (Fsp3) is 0.231. The highest BCUT2D eigenvalue weighted by Gasteiger charge is 2.22. The third-order valence-electron chi connectivity index (χ3n) is 4.99. The van der Waals surface area contributed by atoms with Crippen LogP contribution in [0.3, 0.4) is 0 Å². The molecule has 3 aromatic carbocycles. The molecule has 0 bridgehead atoms. The molecular formula is C26H26N4O8. The molecule has 0 atom stereocenters. The number of nitro benzene ring substituents is 2. The summed E-state index contributed by atoms with van der Waals surface area (Å²) in [5, 5.41) is 27.8. The number of nitro groups is 2. The average molecular weight is 523 g/mol. The van der Waals surface area contributed by atoms with Crippen LogP contribution < -0.4 is 20.1 Å². The van der Waals surface area contributed by atoms with Crippen LogP contribution in [0.2, 0.25) is 0 Å². The molecule has 0 heterocycles. The molecule has 0 radical (unpaired) electrons. The number of anilines is 2. The molecule has 2 amide bonds. The SMILES string of the molecule is CC(C)Oc1ccc([N+](=O)[O-])cc1C(=O)Nc1ccccc1NC(=O)c1cc([N+](=O)[O-])ccc1OC(C)C. The van der Waals surface area contributed by atoms with Gasteiger partial charge in [0.25, 0.3) is 23.2 Å². The Kier molecular flexibility index (Phi) is 8.58. The Bertz CT molecular complexity index is 1280. The second-order valence-corrected chi connectivity index (χ2v) is 8.66. The lowest BCUT2D eigenvalue weighted by Crippen LogP contribution is -2.19. The van der Waals surface area contributed by atoms with Gasteiger partial charge in [0.1, 0.15) is 11.5 Å². The molecule has 198 valence electrons. The van der Waals surface area contributed by atoms with E-state index in [9.17, 15) is 29.8 Å². The van der Waals surface area contributed by atoms with Crippen LogP contribution in [-0.2, 0) is 0 Å². The molecule has 3 rings (SSSR count). The van der Waals surface area contributed by atoms with Gasteiger partial charge in [-0.2, -0.15) is 0 Å². The maximum atomic E-state index is 13.2. The Balaban J connectivity index is 1.94. The average Bonchev–Trinajstić information content (AvgIpc) is 2.84. The molecule has 0 unspecified atom stereocenters. The summed E-state index contributed by atoms with van der Waals surface area (Å²) in [4.78, 5) is 47.6. The van der Waals surface area contributed by atoms with E-state index in [1.165, 1.54) is 36.4 Å². The predicted molar refractivity (Wildman–Crippen MR) is 140 cm³/mol. The van der Waals surface area contributed by atoms with E-state index in [1.807, 2.05) is 0 Å². The van der Waals surface area contributed by atoms with E-state index in [2.05, 4.69) is 10.6 Å². The number of rotatable bonds is 10. The highest BCUT2D eigenvalue weighted by atomic mass is 16.6. The first kappa shape index (κ1) is 27.6. The second-order valence-electron chi connectivity index (χ2n) is 8.66. The first-order valence-corrected chi connectivity index (χ1v) is 11.6. The van der Waals surface area contributed by atoms with Gasteiger partial charge in [-0.05, 0) is 52.0 Å². The van der Waals surface area contributed by atoms with Crippen LogP contribution in [0, 0.1) is 20.2 Å². The van der Waals surface area contributed by atoms with Crippen molar-refractivity contribution in [3.63, 3.8) is 0 Å². The molecule has 0 aliphatic rings. The molecule has 0 spiro atoms. The smallest absolute Gasteiger partial charge is 0.270 e. The molecule has 0 aliphatic carbocycles. The Morgan fingerprint density at radius 1 is 0.684 bits per heavy atom. The molecule has 12 nitrogen and oxygen atoms in total. The minimum atomic E-state index is -0.703. The zero-order chi connectivity index (χ0) is 28.0. The Hall–Kier alpha value is -5.00. The molecule has 12 heteroatoms. The lowest BCUT2D eigenvalue weighted by atomic mass is 10.1. The van der Waals surface area contributed by atoms with Crippen molar-refractivity contribution < 1.29 is 28.9 Å². The molecule has 0 fully saturated rings. The molecule has 0 aromatic heterocycles. The van der Waals surface area contributed by atoms with Crippen LogP contribution in [0.25, 0.3) is 0 Å². The number of ether oxygens (including phenoxy) is 2. The van der Waals surface area contributed by atoms with Crippen molar-refractivity contribution in [3.8, 4) is 11.5 Å². The van der Waals surface area contributed by atoms with E-state index >= 15 is 0 Å². The van der Waals surface area contributed by atoms with Gasteiger partial charge < -0.3 is 20.1 Å². The summed E-state index contributed by atoms with van der Waals surface area (Å²) < 4.78 is 11.3. The van der Waals surface area contributed by atoms with E-state index in [0.29, 0.717) is 0 Å². The number of carbonyl (C=O) groups excluding carboxylic acids is 2. The minimum absolute atomic E-state index is 0.0691. The number of nitrogens with one attached hydrogen (secondary N) is 2. The Morgan fingerprint density at radius 2 is 1.05 bits per heavy atom. The van der Waals surface area contributed by atoms with Crippen molar-refractivity contribution in [2.24, 2.45) is 0 Å². The van der Waals surface area contributed by atoms with E-state index in [-0.39, 0.29) is 57.6 Å². The van der Waals surface area contributed by atoms with Gasteiger partial charge in [0, 0.05) is 24.3 Å². The lowest BCUT2D eigenvalue weighted by molar-refractivity contribution is -0.385. The maximum absolute atomic E-state index is 13.2. The van der Waals surface area contributed by atoms with Crippen molar-refractivity contribution in [1.82, 2.24) is 0 Å². The largest absolute Gasteiger partial charge is 0.490 e. The van der Waals surface area contributed by atoms with Crippen LogP contribution in [0.4, 0.5) is 22.7 Å². The van der Waals surface area contributed by atoms with Gasteiger partial charge in [-0.1, -0.05) is 12.1 Å². The number of carbonyl (C=O) groups is 2. The number of hydrogen-bond acceptors (Lipinski definition) is 8. The normalized spacial score (nSPS) is 10.7. The first-order chi connectivity index (χ1) is 18.0. The molecular weight excluding hydrogens is 496 g/mol. The van der Waals surface area contributed by atoms with Gasteiger partial charge in [-0.15, -0.1) is 0 Å². The van der Waals surface area contributed by atoms with E-state index < -0.39 is 21.7 Å². The molecule has 0 saturated carbocycles. The molecule has 0 saturated heterocycles. The topological polar surface area (TPSA) is 163 Å². The van der Waals surface area contributed by atoms with Crippen LogP contribution in [0.15, 0.2) is 60.7 Å². The number of para-hydroxylation sites is 2. The van der Waals surface area contributed by atoms with Crippen molar-refractivity contribution >= 4 is 34.6 Å². The summed E-state index contributed by atoms with van der Waals surface area (Å²) in [7, 11) is 0. The minimum Gasteiger partial charge on any atom is -0.490 e. The Labute approximate surface area is 217 Å². The molecule has 38 heavy (non-hydrogen) atoms. The van der Waals surface area contributed by atoms with Crippen molar-refractivity contribution in [2.45, 2.75) is 39.9 Å². The number of hydrogen-bond donors (Lipinski definition) is 2. The number of amides is 2. The number of non-ortho nitro benzene ring substituents is 2. The van der Waals surface area contributed by atoms with Gasteiger partial charge in [0.05, 0.1) is 44.6 Å². The third kappa shape index (κ3) is 6.81. The van der Waals surface area contributed by atoms with Gasteiger partial charge in [-0.25, -0.2) is 0 Å². The summed E-state index contributed by atoms with van der Waals surface area (Å²) in [6.45, 7) is 7.00. The third-order valence-corrected chi connectivity index (χ3v) is 4.99. The molecule has 0 aliphatic heterocycles. The fourth-order valence-electron chi connectivity index (χ4n) is 3.41. The van der Waals surface area contributed by atoms with Gasteiger partial charge in [0.2, 0.25) is 0 Å². The summed E-state index contributed by atoms with van der Waals surface area (Å²) >= 11 is 0. The zero-order valence-corrected chi connectivity index (χ0v) is 21.1. The summed E-state index contributed by atoms with van der Waals surface area (Å²) in [5.74, 6) is -1.11. The summed E-state index contributed by atoms with van der Waals surface area (Å²) in [6.07, 6.45) is -0.599. The maximum Gasteiger partial charge on any atom is 0.270 e. The standard InChI is InChI=1S/C26H26N4O8/c1-15(2)37-23-11-9-17(29(33)34)13-19(23)25(31)27-21-7-5-6-8-22(21)28-26(32)20-14-18(30(35)36)10-12-24(20)38-16(3)4/h5-16H,1-4H3,(H,27,31)(H,28,32). The van der Waals surface area contributed by atoms with Crippen molar-refractivity contribution in [1.29, 1.82) is 0 Å². The Morgan fingerprint density at radius 3 is 1.37 bits per heavy atom. The fourth-order valence-corrected chi connectivity index (χ4v) is 3.41. The molecule has 3 aromatic rings. The second kappa shape index (κ2) is 11.8. The summed E-state index contributed by atoms with van der Waals surface area (Å²) in [6, 6.07) is 13.6. The van der Waals surface area contributed by atoms with Gasteiger partial charge in [-0.3, -0.25) is 29.8 Å². The van der Waals surface area contributed by atoms with E-state index in [0.717, 1.165) is 12.1 Å². The van der Waals surface area contributed by atoms with E-state index in [1.54, 1.807) is 39.8 Å². The first-order valence-electron chi connectivity index (χ1n) is 11.6. The van der Waals surface area contributed by atoms with Gasteiger partial charge in [0.15, 0.2) is 0 Å². The highest BCUT2D eigenvalue weighted by Crippen LogP contribution is 2.30. The quantitative estimate of drug-likeness (QED) is 0.257. The molecule has 2 N–H and O–H groups in total. The number of nitrogens with zero attached hydrogens (tertiary/aromatic N) is 2. The van der Waals surface area contributed by atoms with Crippen molar-refractivity contribution in [2.75, 3.05) is 10.6 Å². The van der Waals surface area contributed by atoms with Crippen LogP contribution in [0.1, 0.15) is 48.4 Å². The lowest BCUT2D eigenvalue weighted by Gasteiger charge is -2.17.